The Hall–Kier alpha value is -1.10. The largest absolute Gasteiger partial charge is 0.369 e. The van der Waals surface area contributed by atoms with E-state index < -0.39 is 0 Å². The van der Waals surface area contributed by atoms with Crippen LogP contribution in [-0.2, 0) is 5.33 Å². The minimum atomic E-state index is -0.338. The Morgan fingerprint density at radius 3 is 2.89 bits per heavy atom. The maximum Gasteiger partial charge on any atom is 0.269 e. The number of nitro benzene ring substituents is 1. The molecule has 1 aliphatic rings. The predicted octanol–water partition coefficient (Wildman–Crippen LogP) is 3.87. The van der Waals surface area contributed by atoms with Gasteiger partial charge >= 0.3 is 0 Å². The molecule has 1 aromatic carbocycles. The van der Waals surface area contributed by atoms with E-state index in [0.717, 1.165) is 17.8 Å². The van der Waals surface area contributed by atoms with Crippen molar-refractivity contribution in [2.75, 3.05) is 11.4 Å². The average Bonchev–Trinajstić information content (AvgIpc) is 2.38. The molecule has 0 aliphatic carbocycles. The summed E-state index contributed by atoms with van der Waals surface area (Å²) in [5.41, 5.74) is 2.29. The molecular formula is C13H17BrN2O2. The lowest BCUT2D eigenvalue weighted by atomic mass is 10.0. The maximum atomic E-state index is 10.8. The van der Waals surface area contributed by atoms with E-state index in [4.69, 9.17) is 0 Å². The highest BCUT2D eigenvalue weighted by Crippen LogP contribution is 2.31. The van der Waals surface area contributed by atoms with Crippen LogP contribution in [0.15, 0.2) is 18.2 Å². The summed E-state index contributed by atoms with van der Waals surface area (Å²) < 4.78 is 0. The monoisotopic (exact) mass is 312 g/mol. The number of alkyl halides is 1. The molecule has 98 valence electrons. The van der Waals surface area contributed by atoms with Crippen LogP contribution in [0.1, 0.15) is 31.7 Å². The summed E-state index contributed by atoms with van der Waals surface area (Å²) >= 11 is 3.43. The van der Waals surface area contributed by atoms with Crippen molar-refractivity contribution in [3.8, 4) is 0 Å². The minimum absolute atomic E-state index is 0.165. The van der Waals surface area contributed by atoms with Crippen LogP contribution in [0.2, 0.25) is 0 Å². The first kappa shape index (κ1) is 13.3. The van der Waals surface area contributed by atoms with E-state index in [1.165, 1.54) is 19.3 Å². The SMILES string of the molecule is CC1CCCCN1c1ccc([N+](=O)[O-])cc1CBr. The lowest BCUT2D eigenvalue weighted by Gasteiger charge is -2.36. The molecule has 1 heterocycles. The standard InChI is InChI=1S/C13H17BrN2O2/c1-10-4-2-3-7-15(10)13-6-5-12(16(17)18)8-11(13)9-14/h5-6,8,10H,2-4,7,9H2,1H3. The molecule has 0 aromatic heterocycles. The van der Waals surface area contributed by atoms with Crippen LogP contribution < -0.4 is 4.90 Å². The zero-order valence-electron chi connectivity index (χ0n) is 10.4. The van der Waals surface area contributed by atoms with Gasteiger partial charge in [0.25, 0.3) is 5.69 Å². The molecule has 1 fully saturated rings. The van der Waals surface area contributed by atoms with Gasteiger partial charge in [-0.05, 0) is 37.8 Å². The molecule has 5 heteroatoms. The maximum absolute atomic E-state index is 10.8. The highest BCUT2D eigenvalue weighted by molar-refractivity contribution is 9.08. The average molecular weight is 313 g/mol. The number of piperidine rings is 1. The van der Waals surface area contributed by atoms with Crippen LogP contribution in [0.5, 0.6) is 0 Å². The molecule has 1 unspecified atom stereocenters. The highest BCUT2D eigenvalue weighted by Gasteiger charge is 2.21. The van der Waals surface area contributed by atoms with Crippen molar-refractivity contribution in [3.05, 3.63) is 33.9 Å². The fourth-order valence-corrected chi connectivity index (χ4v) is 2.98. The quantitative estimate of drug-likeness (QED) is 0.483. The molecule has 4 nitrogen and oxygen atoms in total. The zero-order valence-corrected chi connectivity index (χ0v) is 12.0. The molecule has 0 bridgehead atoms. The molecule has 1 aromatic rings. The summed E-state index contributed by atoms with van der Waals surface area (Å²) in [6.07, 6.45) is 3.66. The lowest BCUT2D eigenvalue weighted by molar-refractivity contribution is -0.384. The van der Waals surface area contributed by atoms with Crippen LogP contribution in [0.4, 0.5) is 11.4 Å². The molecule has 1 aliphatic heterocycles. The van der Waals surface area contributed by atoms with Gasteiger partial charge in [0, 0.05) is 35.7 Å². The first-order chi connectivity index (χ1) is 8.63. The summed E-state index contributed by atoms with van der Waals surface area (Å²) in [5.74, 6) is 0. The van der Waals surface area contributed by atoms with Crippen LogP contribution in [0.25, 0.3) is 0 Å². The number of halogens is 1. The first-order valence-electron chi connectivity index (χ1n) is 6.23. The number of nitro groups is 1. The van der Waals surface area contributed by atoms with Gasteiger partial charge in [-0.1, -0.05) is 15.9 Å². The van der Waals surface area contributed by atoms with Gasteiger partial charge in [0.15, 0.2) is 0 Å². The van der Waals surface area contributed by atoms with Crippen LogP contribution in [-0.4, -0.2) is 17.5 Å². The topological polar surface area (TPSA) is 46.4 Å². The Balaban J connectivity index is 2.34. The van der Waals surface area contributed by atoms with Crippen LogP contribution in [0, 0.1) is 10.1 Å². The summed E-state index contributed by atoms with van der Waals surface area (Å²) in [7, 11) is 0. The van der Waals surface area contributed by atoms with Crippen LogP contribution in [0.3, 0.4) is 0 Å². The molecule has 0 saturated carbocycles. The molecule has 0 spiro atoms. The van der Waals surface area contributed by atoms with Crippen molar-refractivity contribution in [1.29, 1.82) is 0 Å². The second kappa shape index (κ2) is 5.69. The second-order valence-corrected chi connectivity index (χ2v) is 5.30. The zero-order chi connectivity index (χ0) is 13.1. The number of nitrogens with zero attached hydrogens (tertiary/aromatic N) is 2. The van der Waals surface area contributed by atoms with Gasteiger partial charge < -0.3 is 4.90 Å². The van der Waals surface area contributed by atoms with Crippen molar-refractivity contribution >= 4 is 27.3 Å². The smallest absolute Gasteiger partial charge is 0.269 e. The van der Waals surface area contributed by atoms with Crippen molar-refractivity contribution in [1.82, 2.24) is 0 Å². The van der Waals surface area contributed by atoms with E-state index in [1.807, 2.05) is 6.07 Å². The second-order valence-electron chi connectivity index (χ2n) is 4.74. The third-order valence-corrected chi connectivity index (χ3v) is 4.13. The number of non-ortho nitro benzene ring substituents is 1. The van der Waals surface area contributed by atoms with Crippen molar-refractivity contribution in [2.24, 2.45) is 0 Å². The number of hydrogen-bond donors (Lipinski definition) is 0. The third kappa shape index (κ3) is 2.66. The highest BCUT2D eigenvalue weighted by atomic mass is 79.9. The Morgan fingerprint density at radius 2 is 2.28 bits per heavy atom. The first-order valence-corrected chi connectivity index (χ1v) is 7.35. The molecule has 18 heavy (non-hydrogen) atoms. The van der Waals surface area contributed by atoms with Gasteiger partial charge in [0.1, 0.15) is 0 Å². The van der Waals surface area contributed by atoms with Crippen LogP contribution >= 0.6 is 15.9 Å². The summed E-state index contributed by atoms with van der Waals surface area (Å²) in [5, 5.41) is 11.4. The van der Waals surface area contributed by atoms with E-state index >= 15 is 0 Å². The van der Waals surface area contributed by atoms with Crippen molar-refractivity contribution in [2.45, 2.75) is 37.6 Å². The number of anilines is 1. The van der Waals surface area contributed by atoms with Gasteiger partial charge in [0.05, 0.1) is 4.92 Å². The van der Waals surface area contributed by atoms with Crippen molar-refractivity contribution < 1.29 is 4.92 Å². The molecular weight excluding hydrogens is 296 g/mol. The molecule has 2 rings (SSSR count). The van der Waals surface area contributed by atoms with Gasteiger partial charge in [-0.2, -0.15) is 0 Å². The van der Waals surface area contributed by atoms with E-state index in [2.05, 4.69) is 27.8 Å². The summed E-state index contributed by atoms with van der Waals surface area (Å²) in [6.45, 7) is 3.26. The summed E-state index contributed by atoms with van der Waals surface area (Å²) in [6, 6.07) is 5.67. The van der Waals surface area contributed by atoms with Gasteiger partial charge in [-0.3, -0.25) is 10.1 Å². The molecule has 1 atom stereocenters. The number of benzene rings is 1. The molecule has 0 radical (unpaired) electrons. The fraction of sp³-hybridized carbons (Fsp3) is 0.538. The van der Waals surface area contributed by atoms with E-state index in [0.29, 0.717) is 11.4 Å². The molecule has 0 amide bonds. The van der Waals surface area contributed by atoms with E-state index in [-0.39, 0.29) is 10.6 Å². The third-order valence-electron chi connectivity index (χ3n) is 3.53. The Labute approximate surface area is 115 Å². The van der Waals surface area contributed by atoms with Gasteiger partial charge in [-0.25, -0.2) is 0 Å². The Bertz CT molecular complexity index is 451. The fourth-order valence-electron chi connectivity index (χ4n) is 2.53. The van der Waals surface area contributed by atoms with E-state index in [1.54, 1.807) is 12.1 Å². The Morgan fingerprint density at radius 1 is 1.50 bits per heavy atom. The normalized spacial score (nSPS) is 19.9. The van der Waals surface area contributed by atoms with E-state index in [9.17, 15) is 10.1 Å². The Kier molecular flexibility index (Phi) is 4.22. The van der Waals surface area contributed by atoms with Gasteiger partial charge in [-0.15, -0.1) is 0 Å². The van der Waals surface area contributed by atoms with Crippen molar-refractivity contribution in [3.63, 3.8) is 0 Å². The minimum Gasteiger partial charge on any atom is -0.369 e. The van der Waals surface area contributed by atoms with Gasteiger partial charge in [0.2, 0.25) is 0 Å². The summed E-state index contributed by atoms with van der Waals surface area (Å²) in [4.78, 5) is 12.8. The predicted molar refractivity (Wildman–Crippen MR) is 76.4 cm³/mol. The lowest BCUT2D eigenvalue weighted by Crippen LogP contribution is -2.37. The molecule has 0 N–H and O–H groups in total. The molecule has 1 saturated heterocycles. The number of hydrogen-bond acceptors (Lipinski definition) is 3. The number of rotatable bonds is 3.